The summed E-state index contributed by atoms with van der Waals surface area (Å²) in [5.74, 6) is -0.719. The zero-order chi connectivity index (χ0) is 17.7. The van der Waals surface area contributed by atoms with Crippen molar-refractivity contribution in [1.82, 2.24) is 5.06 Å². The highest BCUT2D eigenvalue weighted by Gasteiger charge is 2.24. The van der Waals surface area contributed by atoms with Crippen molar-refractivity contribution in [1.29, 1.82) is 0 Å². The Balaban J connectivity index is 3.74. The summed E-state index contributed by atoms with van der Waals surface area (Å²) in [4.78, 5) is 22.8. The molecule has 0 rings (SSSR count). The summed E-state index contributed by atoms with van der Waals surface area (Å²) in [5.41, 5.74) is 0. The fraction of sp³-hybridized carbons (Fsp3) is 0.889. The van der Waals surface area contributed by atoms with E-state index in [0.717, 1.165) is 19.3 Å². The molecule has 0 aromatic heterocycles. The Bertz CT molecular complexity index is 333. The normalized spacial score (nSPS) is 13.4. The van der Waals surface area contributed by atoms with Crippen LogP contribution in [0.25, 0.3) is 0 Å². The van der Waals surface area contributed by atoms with Gasteiger partial charge in [0.25, 0.3) is 0 Å². The van der Waals surface area contributed by atoms with E-state index in [4.69, 9.17) is 4.74 Å². The molecule has 0 aliphatic rings. The lowest BCUT2D eigenvalue weighted by Gasteiger charge is -2.27. The molecule has 0 spiro atoms. The molecule has 5 heteroatoms. The molecule has 0 aliphatic heterocycles. The van der Waals surface area contributed by atoms with Gasteiger partial charge in [0.2, 0.25) is 5.91 Å². The highest BCUT2D eigenvalue weighted by molar-refractivity contribution is 5.75. The average molecular weight is 329 g/mol. The third kappa shape index (κ3) is 11.1. The molecule has 0 heterocycles. The maximum atomic E-state index is 11.9. The Morgan fingerprint density at radius 3 is 1.91 bits per heavy atom. The molecular formula is C18H35NO4. The van der Waals surface area contributed by atoms with Crippen molar-refractivity contribution in [2.75, 3.05) is 0 Å². The molecule has 0 bridgehead atoms. The number of rotatable bonds is 13. The van der Waals surface area contributed by atoms with Gasteiger partial charge in [-0.25, -0.2) is 5.06 Å². The van der Waals surface area contributed by atoms with Crippen molar-refractivity contribution in [3.8, 4) is 0 Å². The second kappa shape index (κ2) is 13.3. The number of hydrogen-bond acceptors (Lipinski definition) is 4. The summed E-state index contributed by atoms with van der Waals surface area (Å²) in [6, 6.07) is -0.537. The number of amides is 1. The number of esters is 1. The van der Waals surface area contributed by atoms with Crippen molar-refractivity contribution < 1.29 is 19.5 Å². The molecule has 2 atom stereocenters. The van der Waals surface area contributed by atoms with Crippen LogP contribution >= 0.6 is 0 Å². The maximum absolute atomic E-state index is 11.9. The van der Waals surface area contributed by atoms with Gasteiger partial charge in [-0.15, -0.1) is 0 Å². The number of hydroxylamine groups is 2. The Labute approximate surface area is 141 Å². The zero-order valence-electron chi connectivity index (χ0n) is 15.3. The van der Waals surface area contributed by atoms with Crippen molar-refractivity contribution >= 4 is 11.9 Å². The summed E-state index contributed by atoms with van der Waals surface area (Å²) in [6.07, 6.45) is 10.5. The van der Waals surface area contributed by atoms with Crippen LogP contribution in [0, 0.1) is 0 Å². The molecule has 136 valence electrons. The summed E-state index contributed by atoms with van der Waals surface area (Å²) in [7, 11) is 0. The number of hydrogen-bond donors (Lipinski definition) is 1. The van der Waals surface area contributed by atoms with Crippen molar-refractivity contribution in [2.45, 2.75) is 104 Å². The molecule has 1 N–H and O–H groups in total. The highest BCUT2D eigenvalue weighted by Crippen LogP contribution is 2.13. The van der Waals surface area contributed by atoms with E-state index in [2.05, 4.69) is 6.92 Å². The van der Waals surface area contributed by atoms with Crippen molar-refractivity contribution in [2.24, 2.45) is 0 Å². The van der Waals surface area contributed by atoms with E-state index in [9.17, 15) is 14.8 Å². The van der Waals surface area contributed by atoms with Crippen molar-refractivity contribution in [3.05, 3.63) is 0 Å². The van der Waals surface area contributed by atoms with Crippen molar-refractivity contribution in [3.63, 3.8) is 0 Å². The van der Waals surface area contributed by atoms with Crippen LogP contribution in [0.1, 0.15) is 91.9 Å². The number of ether oxygens (including phenoxy) is 1. The van der Waals surface area contributed by atoms with Gasteiger partial charge in [-0.05, 0) is 20.3 Å². The first kappa shape index (κ1) is 21.9. The maximum Gasteiger partial charge on any atom is 0.302 e. The molecule has 2 unspecified atom stereocenters. The van der Waals surface area contributed by atoms with Crippen LogP contribution in [0.2, 0.25) is 0 Å². The Morgan fingerprint density at radius 1 is 0.957 bits per heavy atom. The van der Waals surface area contributed by atoms with Crippen LogP contribution in [0.5, 0.6) is 0 Å². The van der Waals surface area contributed by atoms with Gasteiger partial charge in [-0.3, -0.25) is 14.8 Å². The molecule has 0 aromatic rings. The minimum absolute atomic E-state index is 0.306. The van der Waals surface area contributed by atoms with E-state index in [1.807, 2.05) is 0 Å². The molecule has 0 fully saturated rings. The fourth-order valence-electron chi connectivity index (χ4n) is 2.49. The van der Waals surface area contributed by atoms with E-state index in [-0.39, 0.29) is 5.91 Å². The van der Waals surface area contributed by atoms with Gasteiger partial charge in [-0.2, -0.15) is 0 Å². The highest BCUT2D eigenvalue weighted by atomic mass is 16.6. The van der Waals surface area contributed by atoms with Crippen LogP contribution in [0.15, 0.2) is 0 Å². The van der Waals surface area contributed by atoms with Gasteiger partial charge >= 0.3 is 5.97 Å². The van der Waals surface area contributed by atoms with Crippen LogP contribution < -0.4 is 0 Å². The predicted octanol–water partition coefficient (Wildman–Crippen LogP) is 4.47. The second-order valence-corrected chi connectivity index (χ2v) is 6.37. The molecule has 0 radical (unpaired) electrons. The van der Waals surface area contributed by atoms with Gasteiger partial charge in [0.05, 0.1) is 6.04 Å². The third-order valence-corrected chi connectivity index (χ3v) is 4.17. The van der Waals surface area contributed by atoms with E-state index in [1.54, 1.807) is 13.8 Å². The van der Waals surface area contributed by atoms with Gasteiger partial charge in [0.1, 0.15) is 6.10 Å². The molecular weight excluding hydrogens is 294 g/mol. The van der Waals surface area contributed by atoms with Crippen LogP contribution in [0.4, 0.5) is 0 Å². The summed E-state index contributed by atoms with van der Waals surface area (Å²) in [6.45, 7) is 6.87. The lowest BCUT2D eigenvalue weighted by atomic mass is 10.1. The standard InChI is InChI=1S/C18H35NO4/c1-5-6-7-8-9-10-11-12-13-14-18(21)19(22)15(2)16(3)23-17(4)20/h15-16,22H,5-14H2,1-4H3. The van der Waals surface area contributed by atoms with E-state index >= 15 is 0 Å². The molecule has 0 saturated heterocycles. The summed E-state index contributed by atoms with van der Waals surface area (Å²) in [5, 5.41) is 10.6. The molecule has 0 saturated carbocycles. The minimum Gasteiger partial charge on any atom is -0.461 e. The van der Waals surface area contributed by atoms with Crippen LogP contribution in [-0.4, -0.2) is 34.3 Å². The quantitative estimate of drug-likeness (QED) is 0.234. The number of carbonyl (C=O) groups is 2. The summed E-state index contributed by atoms with van der Waals surface area (Å²) < 4.78 is 4.99. The first-order valence-electron chi connectivity index (χ1n) is 9.08. The van der Waals surface area contributed by atoms with Gasteiger partial charge < -0.3 is 4.74 Å². The molecule has 5 nitrogen and oxygen atoms in total. The lowest BCUT2D eigenvalue weighted by molar-refractivity contribution is -0.188. The smallest absolute Gasteiger partial charge is 0.302 e. The SMILES string of the molecule is CCCCCCCCCCCC(=O)N(O)C(C)C(C)OC(C)=O. The molecule has 0 aromatic carbocycles. The van der Waals surface area contributed by atoms with Crippen LogP contribution in [0.3, 0.4) is 0 Å². The molecule has 1 amide bonds. The summed E-state index contributed by atoms with van der Waals surface area (Å²) >= 11 is 0. The fourth-order valence-corrected chi connectivity index (χ4v) is 2.49. The van der Waals surface area contributed by atoms with Gasteiger partial charge in [-0.1, -0.05) is 58.3 Å². The number of unbranched alkanes of at least 4 members (excludes halogenated alkanes) is 8. The molecule has 23 heavy (non-hydrogen) atoms. The minimum atomic E-state index is -0.537. The van der Waals surface area contributed by atoms with Gasteiger partial charge in [0.15, 0.2) is 0 Å². The average Bonchev–Trinajstić information content (AvgIpc) is 2.50. The Morgan fingerprint density at radius 2 is 1.43 bits per heavy atom. The Hall–Kier alpha value is -1.10. The first-order chi connectivity index (χ1) is 10.9. The predicted molar refractivity (Wildman–Crippen MR) is 91.2 cm³/mol. The van der Waals surface area contributed by atoms with E-state index in [0.29, 0.717) is 11.5 Å². The third-order valence-electron chi connectivity index (χ3n) is 4.17. The zero-order valence-corrected chi connectivity index (χ0v) is 15.3. The van der Waals surface area contributed by atoms with E-state index < -0.39 is 18.1 Å². The first-order valence-corrected chi connectivity index (χ1v) is 9.08. The number of nitrogens with zero attached hydrogens (tertiary/aromatic N) is 1. The van der Waals surface area contributed by atoms with E-state index in [1.165, 1.54) is 45.4 Å². The second-order valence-electron chi connectivity index (χ2n) is 6.37. The van der Waals surface area contributed by atoms with Crippen LogP contribution in [-0.2, 0) is 14.3 Å². The topological polar surface area (TPSA) is 66.8 Å². The molecule has 0 aliphatic carbocycles. The lowest BCUT2D eigenvalue weighted by Crippen LogP contribution is -2.43. The largest absolute Gasteiger partial charge is 0.461 e. The monoisotopic (exact) mass is 329 g/mol. The van der Waals surface area contributed by atoms with Gasteiger partial charge in [0, 0.05) is 13.3 Å². The Kier molecular flexibility index (Phi) is 12.7. The number of carbonyl (C=O) groups excluding carboxylic acids is 2.